The van der Waals surface area contributed by atoms with Crippen LogP contribution in [-0.4, -0.2) is 41.6 Å². The van der Waals surface area contributed by atoms with E-state index in [-0.39, 0.29) is 11.8 Å². The van der Waals surface area contributed by atoms with Crippen LogP contribution >= 0.6 is 11.8 Å². The van der Waals surface area contributed by atoms with Crippen molar-refractivity contribution in [3.8, 4) is 0 Å². The molecule has 1 heterocycles. The molecule has 0 saturated carbocycles. The fourth-order valence-electron chi connectivity index (χ4n) is 2.70. The van der Waals surface area contributed by atoms with Crippen LogP contribution in [0.3, 0.4) is 0 Å². The molecule has 1 fully saturated rings. The Labute approximate surface area is 143 Å². The predicted molar refractivity (Wildman–Crippen MR) is 95.6 cm³/mol. The molecule has 1 aliphatic rings. The quantitative estimate of drug-likeness (QED) is 0.870. The SMILES string of the molecule is CCSCc1ccc(C(=O)N[C@H](C)C(=O)N2CCCCC2)cc1. The summed E-state index contributed by atoms with van der Waals surface area (Å²) in [6, 6.07) is 7.15. The Morgan fingerprint density at radius 3 is 2.43 bits per heavy atom. The van der Waals surface area contributed by atoms with Gasteiger partial charge in [0.15, 0.2) is 0 Å². The van der Waals surface area contributed by atoms with E-state index >= 15 is 0 Å². The van der Waals surface area contributed by atoms with Gasteiger partial charge < -0.3 is 10.2 Å². The lowest BCUT2D eigenvalue weighted by Gasteiger charge is -2.29. The second-order valence-corrected chi connectivity index (χ2v) is 7.19. The third-order valence-corrected chi connectivity index (χ3v) is 5.02. The zero-order valence-electron chi connectivity index (χ0n) is 14.0. The van der Waals surface area contributed by atoms with Gasteiger partial charge in [0.25, 0.3) is 5.91 Å². The van der Waals surface area contributed by atoms with Crippen LogP contribution in [0.25, 0.3) is 0 Å². The second kappa shape index (κ2) is 8.96. The van der Waals surface area contributed by atoms with Gasteiger partial charge in [0.05, 0.1) is 0 Å². The molecule has 0 spiro atoms. The first kappa shape index (κ1) is 17.9. The van der Waals surface area contributed by atoms with E-state index in [1.54, 1.807) is 6.92 Å². The lowest BCUT2D eigenvalue weighted by Crippen LogP contribution is -2.48. The Balaban J connectivity index is 1.88. The van der Waals surface area contributed by atoms with E-state index in [1.807, 2.05) is 40.9 Å². The van der Waals surface area contributed by atoms with Gasteiger partial charge in [0.2, 0.25) is 5.91 Å². The van der Waals surface area contributed by atoms with Crippen molar-refractivity contribution in [2.24, 2.45) is 0 Å². The molecular weight excluding hydrogens is 308 g/mol. The molecule has 1 N–H and O–H groups in total. The Morgan fingerprint density at radius 2 is 1.83 bits per heavy atom. The lowest BCUT2D eigenvalue weighted by molar-refractivity contribution is -0.133. The number of nitrogens with one attached hydrogen (secondary N) is 1. The first-order chi connectivity index (χ1) is 11.1. The molecule has 2 rings (SSSR count). The highest BCUT2D eigenvalue weighted by molar-refractivity contribution is 7.98. The molecule has 1 aromatic carbocycles. The maximum atomic E-state index is 12.3. The molecule has 5 heteroatoms. The van der Waals surface area contributed by atoms with Gasteiger partial charge in [-0.15, -0.1) is 0 Å². The largest absolute Gasteiger partial charge is 0.341 e. The molecule has 0 aliphatic carbocycles. The number of piperidine rings is 1. The summed E-state index contributed by atoms with van der Waals surface area (Å²) in [4.78, 5) is 26.5. The highest BCUT2D eigenvalue weighted by atomic mass is 32.2. The number of amides is 2. The fourth-order valence-corrected chi connectivity index (χ4v) is 3.33. The van der Waals surface area contributed by atoms with Crippen LogP contribution in [0.2, 0.25) is 0 Å². The van der Waals surface area contributed by atoms with Crippen LogP contribution in [0.5, 0.6) is 0 Å². The van der Waals surface area contributed by atoms with Crippen LogP contribution in [0.15, 0.2) is 24.3 Å². The minimum atomic E-state index is -0.476. The highest BCUT2D eigenvalue weighted by Gasteiger charge is 2.23. The van der Waals surface area contributed by atoms with Crippen LogP contribution in [0.1, 0.15) is 49.0 Å². The van der Waals surface area contributed by atoms with E-state index in [4.69, 9.17) is 0 Å². The Bertz CT molecular complexity index is 524. The van der Waals surface area contributed by atoms with Crippen molar-refractivity contribution in [3.05, 3.63) is 35.4 Å². The Kier molecular flexibility index (Phi) is 6.96. The second-order valence-electron chi connectivity index (χ2n) is 5.92. The van der Waals surface area contributed by atoms with Crippen LogP contribution in [0, 0.1) is 0 Å². The standard InChI is InChI=1S/C18H26N2O2S/c1-3-23-13-15-7-9-16(10-8-15)17(21)19-14(2)18(22)20-11-5-4-6-12-20/h7-10,14H,3-6,11-13H2,1-2H3,(H,19,21)/t14-/m1/s1. The van der Waals surface area contributed by atoms with Crippen molar-refractivity contribution in [1.29, 1.82) is 0 Å². The number of thioether (sulfide) groups is 1. The summed E-state index contributed by atoms with van der Waals surface area (Å²) in [5.74, 6) is 1.88. The van der Waals surface area contributed by atoms with Crippen molar-refractivity contribution in [1.82, 2.24) is 10.2 Å². The number of likely N-dealkylation sites (tertiary alicyclic amines) is 1. The van der Waals surface area contributed by atoms with Crippen molar-refractivity contribution in [2.45, 2.75) is 44.9 Å². The van der Waals surface area contributed by atoms with Gasteiger partial charge in [-0.2, -0.15) is 11.8 Å². The van der Waals surface area contributed by atoms with Gasteiger partial charge in [-0.05, 0) is 49.6 Å². The minimum Gasteiger partial charge on any atom is -0.341 e. The smallest absolute Gasteiger partial charge is 0.251 e. The Morgan fingerprint density at radius 1 is 1.17 bits per heavy atom. The third-order valence-electron chi connectivity index (χ3n) is 4.07. The summed E-state index contributed by atoms with van der Waals surface area (Å²) in [7, 11) is 0. The summed E-state index contributed by atoms with van der Waals surface area (Å²) in [5.41, 5.74) is 1.82. The number of rotatable bonds is 6. The van der Waals surface area contributed by atoms with Crippen LogP contribution < -0.4 is 5.32 Å². The molecule has 0 aromatic heterocycles. The molecule has 1 aliphatic heterocycles. The molecule has 23 heavy (non-hydrogen) atoms. The van der Waals surface area contributed by atoms with Gasteiger partial charge in [0.1, 0.15) is 6.04 Å². The monoisotopic (exact) mass is 334 g/mol. The maximum Gasteiger partial charge on any atom is 0.251 e. The van der Waals surface area contributed by atoms with Gasteiger partial charge in [-0.3, -0.25) is 9.59 Å². The van der Waals surface area contributed by atoms with E-state index < -0.39 is 6.04 Å². The molecule has 1 aromatic rings. The van der Waals surface area contributed by atoms with Gasteiger partial charge in [0, 0.05) is 24.4 Å². The molecule has 1 atom stereocenters. The molecular formula is C18H26N2O2S. The number of hydrogen-bond acceptors (Lipinski definition) is 3. The van der Waals surface area contributed by atoms with Crippen LogP contribution in [-0.2, 0) is 10.5 Å². The topological polar surface area (TPSA) is 49.4 Å². The predicted octanol–water partition coefficient (Wildman–Crippen LogP) is 3.07. The maximum absolute atomic E-state index is 12.3. The summed E-state index contributed by atoms with van der Waals surface area (Å²) in [6.07, 6.45) is 3.31. The van der Waals surface area contributed by atoms with E-state index in [9.17, 15) is 9.59 Å². The highest BCUT2D eigenvalue weighted by Crippen LogP contribution is 2.13. The lowest BCUT2D eigenvalue weighted by atomic mass is 10.1. The number of nitrogens with zero attached hydrogens (tertiary/aromatic N) is 1. The summed E-state index contributed by atoms with van der Waals surface area (Å²) in [5, 5.41) is 2.82. The van der Waals surface area contributed by atoms with E-state index in [0.29, 0.717) is 5.56 Å². The van der Waals surface area contributed by atoms with E-state index in [1.165, 1.54) is 12.0 Å². The van der Waals surface area contributed by atoms with E-state index in [2.05, 4.69) is 12.2 Å². The van der Waals surface area contributed by atoms with Crippen LogP contribution in [0.4, 0.5) is 0 Å². The zero-order chi connectivity index (χ0) is 16.7. The van der Waals surface area contributed by atoms with E-state index in [0.717, 1.165) is 37.4 Å². The fraction of sp³-hybridized carbons (Fsp3) is 0.556. The van der Waals surface area contributed by atoms with Crippen molar-refractivity contribution in [2.75, 3.05) is 18.8 Å². The number of carbonyl (C=O) groups excluding carboxylic acids is 2. The van der Waals surface area contributed by atoms with Gasteiger partial charge >= 0.3 is 0 Å². The average Bonchev–Trinajstić information content (AvgIpc) is 2.60. The van der Waals surface area contributed by atoms with Gasteiger partial charge in [-0.1, -0.05) is 19.1 Å². The zero-order valence-corrected chi connectivity index (χ0v) is 14.8. The van der Waals surface area contributed by atoms with Crippen molar-refractivity contribution in [3.63, 3.8) is 0 Å². The first-order valence-electron chi connectivity index (χ1n) is 8.38. The van der Waals surface area contributed by atoms with Gasteiger partial charge in [-0.25, -0.2) is 0 Å². The molecule has 0 radical (unpaired) electrons. The molecule has 4 nitrogen and oxygen atoms in total. The average molecular weight is 334 g/mol. The first-order valence-corrected chi connectivity index (χ1v) is 9.53. The Hall–Kier alpha value is -1.49. The molecule has 0 bridgehead atoms. The number of carbonyl (C=O) groups is 2. The van der Waals surface area contributed by atoms with Crippen molar-refractivity contribution < 1.29 is 9.59 Å². The van der Waals surface area contributed by atoms with Crippen molar-refractivity contribution >= 4 is 23.6 Å². The summed E-state index contributed by atoms with van der Waals surface area (Å²) >= 11 is 1.86. The summed E-state index contributed by atoms with van der Waals surface area (Å²) in [6.45, 7) is 5.51. The molecule has 0 unspecified atom stereocenters. The summed E-state index contributed by atoms with van der Waals surface area (Å²) < 4.78 is 0. The minimum absolute atomic E-state index is 0.0222. The molecule has 2 amide bonds. The number of hydrogen-bond donors (Lipinski definition) is 1. The molecule has 1 saturated heterocycles. The normalized spacial score (nSPS) is 16.0. The third kappa shape index (κ3) is 5.27. The molecule has 126 valence electrons. The number of benzene rings is 1.